The number of hydrogen-bond acceptors (Lipinski definition) is 7. The van der Waals surface area contributed by atoms with Crippen molar-refractivity contribution < 1.29 is 8.42 Å². The molecule has 0 atom stereocenters. The number of piperidine rings is 1. The van der Waals surface area contributed by atoms with Crippen LogP contribution in [0.3, 0.4) is 0 Å². The van der Waals surface area contributed by atoms with Crippen LogP contribution in [-0.2, 0) is 22.0 Å². The van der Waals surface area contributed by atoms with Crippen LogP contribution >= 0.6 is 11.6 Å². The lowest BCUT2D eigenvalue weighted by Gasteiger charge is -2.29. The first-order valence-electron chi connectivity index (χ1n) is 12.6. The minimum atomic E-state index is -3.35. The van der Waals surface area contributed by atoms with Gasteiger partial charge in [0.05, 0.1) is 16.2 Å². The van der Waals surface area contributed by atoms with E-state index in [-0.39, 0.29) is 5.75 Å². The van der Waals surface area contributed by atoms with E-state index in [0.717, 1.165) is 42.8 Å². The third kappa shape index (κ3) is 6.86. The van der Waals surface area contributed by atoms with Crippen LogP contribution < -0.4 is 5.32 Å². The molecule has 0 radical (unpaired) electrons. The van der Waals surface area contributed by atoms with Gasteiger partial charge in [0.1, 0.15) is 5.82 Å². The Bertz CT molecular complexity index is 1350. The van der Waals surface area contributed by atoms with Gasteiger partial charge in [-0.25, -0.2) is 23.4 Å². The van der Waals surface area contributed by atoms with Gasteiger partial charge in [0, 0.05) is 23.8 Å². The van der Waals surface area contributed by atoms with E-state index < -0.39 is 14.6 Å². The van der Waals surface area contributed by atoms with Crippen molar-refractivity contribution in [1.82, 2.24) is 19.9 Å². The number of benzene rings is 1. The maximum atomic E-state index is 12.7. The monoisotopic (exact) mass is 541 g/mol. The predicted octanol–water partition coefficient (Wildman–Crippen LogP) is 5.69. The van der Waals surface area contributed by atoms with Crippen molar-refractivity contribution in [2.75, 3.05) is 25.5 Å². The Morgan fingerprint density at radius 1 is 1.08 bits per heavy atom. The van der Waals surface area contributed by atoms with E-state index in [4.69, 9.17) is 16.6 Å². The average Bonchev–Trinajstić information content (AvgIpc) is 2.83. The van der Waals surface area contributed by atoms with E-state index in [1.807, 2.05) is 31.3 Å². The van der Waals surface area contributed by atoms with Crippen molar-refractivity contribution in [2.45, 2.75) is 63.4 Å². The Hall–Kier alpha value is -2.55. The topological polar surface area (TPSA) is 88.1 Å². The number of pyridine rings is 1. The highest BCUT2D eigenvalue weighted by atomic mass is 35.5. The van der Waals surface area contributed by atoms with Gasteiger partial charge in [-0.2, -0.15) is 0 Å². The predicted molar refractivity (Wildman–Crippen MR) is 150 cm³/mol. The summed E-state index contributed by atoms with van der Waals surface area (Å²) in [6, 6.07) is 9.66. The molecule has 0 bridgehead atoms. The van der Waals surface area contributed by atoms with Crippen molar-refractivity contribution >= 4 is 33.2 Å². The van der Waals surface area contributed by atoms with Crippen molar-refractivity contribution in [3.8, 4) is 0 Å². The fourth-order valence-electron chi connectivity index (χ4n) is 4.36. The molecule has 1 fully saturated rings. The lowest BCUT2D eigenvalue weighted by Crippen LogP contribution is -2.29. The molecule has 0 unspecified atom stereocenters. The van der Waals surface area contributed by atoms with Crippen LogP contribution in [0.15, 0.2) is 42.7 Å². The van der Waals surface area contributed by atoms with Gasteiger partial charge < -0.3 is 10.2 Å². The molecule has 0 saturated carbocycles. The summed E-state index contributed by atoms with van der Waals surface area (Å²) in [5.41, 5.74) is 4.63. The molecule has 7 nitrogen and oxygen atoms in total. The second-order valence-corrected chi connectivity index (χ2v) is 14.1. The molecule has 1 aliphatic rings. The van der Waals surface area contributed by atoms with Gasteiger partial charge in [0.15, 0.2) is 9.84 Å². The van der Waals surface area contributed by atoms with Crippen LogP contribution in [0.5, 0.6) is 0 Å². The van der Waals surface area contributed by atoms with Crippen LogP contribution in [0.2, 0.25) is 5.02 Å². The highest BCUT2D eigenvalue weighted by Crippen LogP contribution is 2.29. The Labute approximate surface area is 225 Å². The molecule has 2 aromatic heterocycles. The number of nitrogens with one attached hydrogen (secondary N) is 1. The zero-order valence-electron chi connectivity index (χ0n) is 22.3. The zero-order chi connectivity index (χ0) is 26.8. The number of aromatic nitrogens is 3. The molecule has 1 aromatic carbocycles. The standard InChI is InChI=1S/C28H36ClN5O2S/c1-19-16-31-27(33-26-9-7-22(17-30-26)21-10-12-34(5)13-11-21)32-25(19)15-20-6-8-24(29)23(14-20)18-37(35,36)28(2,3)4/h6-9,14,16-17,21H,10-13,15,18H2,1-5H3,(H,30,31,32,33). The van der Waals surface area contributed by atoms with E-state index >= 15 is 0 Å². The largest absolute Gasteiger partial charge is 0.309 e. The SMILES string of the molecule is Cc1cnc(Nc2ccc(C3CCN(C)CC3)cn2)nc1Cc1ccc(Cl)c(CS(=O)(=O)C(C)(C)C)c1. The first-order chi connectivity index (χ1) is 17.4. The summed E-state index contributed by atoms with van der Waals surface area (Å²) >= 11 is 6.36. The molecule has 0 spiro atoms. The molecule has 3 heterocycles. The van der Waals surface area contributed by atoms with Crippen LogP contribution in [0, 0.1) is 6.92 Å². The minimum absolute atomic E-state index is 0.0992. The van der Waals surface area contributed by atoms with Gasteiger partial charge in [-0.1, -0.05) is 29.8 Å². The molecule has 4 rings (SSSR count). The van der Waals surface area contributed by atoms with Crippen LogP contribution in [0.4, 0.5) is 11.8 Å². The summed E-state index contributed by atoms with van der Waals surface area (Å²) in [5, 5.41) is 3.67. The number of hydrogen-bond donors (Lipinski definition) is 1. The van der Waals surface area contributed by atoms with E-state index in [1.165, 1.54) is 5.56 Å². The number of rotatable bonds is 7. The lowest BCUT2D eigenvalue weighted by molar-refractivity contribution is 0.255. The number of likely N-dealkylation sites (tertiary alicyclic amines) is 1. The molecular weight excluding hydrogens is 506 g/mol. The second kappa shape index (κ2) is 11.1. The molecule has 198 valence electrons. The fraction of sp³-hybridized carbons (Fsp3) is 0.464. The maximum absolute atomic E-state index is 12.7. The molecular formula is C28H36ClN5O2S. The van der Waals surface area contributed by atoms with Gasteiger partial charge in [0.25, 0.3) is 0 Å². The highest BCUT2D eigenvalue weighted by molar-refractivity contribution is 7.91. The van der Waals surface area contributed by atoms with Gasteiger partial charge in [0.2, 0.25) is 5.95 Å². The average molecular weight is 542 g/mol. The summed E-state index contributed by atoms with van der Waals surface area (Å²) in [6.45, 7) is 9.31. The first kappa shape index (κ1) is 27.5. The molecule has 1 saturated heterocycles. The number of sulfone groups is 1. The molecule has 0 aliphatic carbocycles. The van der Waals surface area contributed by atoms with E-state index in [9.17, 15) is 8.42 Å². The van der Waals surface area contributed by atoms with E-state index in [1.54, 1.807) is 33.0 Å². The van der Waals surface area contributed by atoms with E-state index in [0.29, 0.717) is 34.7 Å². The van der Waals surface area contributed by atoms with Crippen molar-refractivity contribution in [1.29, 1.82) is 0 Å². The molecule has 1 N–H and O–H groups in total. The summed E-state index contributed by atoms with van der Waals surface area (Å²) < 4.78 is 24.6. The normalized spacial score (nSPS) is 15.6. The zero-order valence-corrected chi connectivity index (χ0v) is 23.8. The van der Waals surface area contributed by atoms with Gasteiger partial charge >= 0.3 is 0 Å². The molecule has 3 aromatic rings. The number of anilines is 2. The fourth-order valence-corrected chi connectivity index (χ4v) is 5.70. The highest BCUT2D eigenvalue weighted by Gasteiger charge is 2.29. The smallest absolute Gasteiger partial charge is 0.228 e. The first-order valence-corrected chi connectivity index (χ1v) is 14.7. The van der Waals surface area contributed by atoms with Crippen molar-refractivity contribution in [3.05, 3.63) is 75.7 Å². The Balaban J connectivity index is 1.48. The van der Waals surface area contributed by atoms with Crippen molar-refractivity contribution in [2.24, 2.45) is 0 Å². The minimum Gasteiger partial charge on any atom is -0.309 e. The number of halogens is 1. The lowest BCUT2D eigenvalue weighted by atomic mass is 9.91. The number of nitrogens with zero attached hydrogens (tertiary/aromatic N) is 4. The van der Waals surface area contributed by atoms with E-state index in [2.05, 4.69) is 33.3 Å². The molecule has 1 aliphatic heterocycles. The van der Waals surface area contributed by atoms with Gasteiger partial charge in [-0.15, -0.1) is 0 Å². The molecule has 37 heavy (non-hydrogen) atoms. The molecule has 9 heteroatoms. The number of aryl methyl sites for hydroxylation is 1. The Morgan fingerprint density at radius 2 is 1.81 bits per heavy atom. The quantitative estimate of drug-likeness (QED) is 0.411. The summed E-state index contributed by atoms with van der Waals surface area (Å²) in [7, 11) is -1.19. The third-order valence-corrected chi connectivity index (χ3v) is 9.98. The van der Waals surface area contributed by atoms with Gasteiger partial charge in [-0.3, -0.25) is 0 Å². The Morgan fingerprint density at radius 3 is 2.46 bits per heavy atom. The summed E-state index contributed by atoms with van der Waals surface area (Å²) in [6.07, 6.45) is 6.59. The Kier molecular flexibility index (Phi) is 8.21. The summed E-state index contributed by atoms with van der Waals surface area (Å²) in [4.78, 5) is 16.1. The summed E-state index contributed by atoms with van der Waals surface area (Å²) in [5.74, 6) is 1.64. The van der Waals surface area contributed by atoms with Crippen LogP contribution in [0.25, 0.3) is 0 Å². The second-order valence-electron chi connectivity index (χ2n) is 11.0. The van der Waals surface area contributed by atoms with Gasteiger partial charge in [-0.05, 0) is 101 Å². The van der Waals surface area contributed by atoms with Crippen LogP contribution in [0.1, 0.15) is 67.5 Å². The third-order valence-electron chi connectivity index (χ3n) is 7.05. The maximum Gasteiger partial charge on any atom is 0.228 e. The molecule has 0 amide bonds. The van der Waals surface area contributed by atoms with Crippen molar-refractivity contribution in [3.63, 3.8) is 0 Å². The van der Waals surface area contributed by atoms with Crippen LogP contribution in [-0.4, -0.2) is 53.2 Å².